The van der Waals surface area contributed by atoms with Crippen molar-refractivity contribution < 1.29 is 14.3 Å². The third kappa shape index (κ3) is 5.15. The van der Waals surface area contributed by atoms with E-state index in [1.165, 1.54) is 30.5 Å². The first kappa shape index (κ1) is 24.8. The zero-order valence-corrected chi connectivity index (χ0v) is 21.9. The number of ether oxygens (including phenoxy) is 2. The number of piperidine rings is 1. The first-order valence-electron chi connectivity index (χ1n) is 13.1. The number of rotatable bonds is 8. The lowest BCUT2D eigenvalue weighted by atomic mass is 10.0. The fourth-order valence-corrected chi connectivity index (χ4v) is 5.26. The number of hydrogen-bond acceptors (Lipinski definition) is 4. The number of fused-ring (bicyclic) bond motifs is 1. The third-order valence-corrected chi connectivity index (χ3v) is 7.30. The second-order valence-corrected chi connectivity index (χ2v) is 9.56. The molecule has 1 fully saturated rings. The average Bonchev–Trinajstić information content (AvgIpc) is 3.34. The van der Waals surface area contributed by atoms with Gasteiger partial charge in [0.05, 0.1) is 14.2 Å². The standard InChI is InChI=1S/C31H35N3O3/c1-4-25-26-18-23(10-14-27(26)33-30(25)22-11-15-28(36-2)29(19-22)37-3)31(35)32-20-21-8-12-24(13-9-21)34-16-6-5-7-17-34/h8-15,18-19,33H,4-7,16-17,20H2,1-3H3,(H,32,35). The van der Waals surface area contributed by atoms with E-state index in [-0.39, 0.29) is 5.91 Å². The number of amides is 1. The van der Waals surface area contributed by atoms with Crippen molar-refractivity contribution >= 4 is 22.5 Å². The van der Waals surface area contributed by atoms with Gasteiger partial charge in [-0.15, -0.1) is 0 Å². The van der Waals surface area contributed by atoms with Crippen molar-refractivity contribution in [3.05, 3.63) is 77.4 Å². The number of hydrogen-bond donors (Lipinski definition) is 2. The van der Waals surface area contributed by atoms with Crippen molar-refractivity contribution in [2.45, 2.75) is 39.2 Å². The maximum absolute atomic E-state index is 13.0. The highest BCUT2D eigenvalue weighted by Gasteiger charge is 2.16. The molecule has 2 N–H and O–H groups in total. The molecule has 2 heterocycles. The molecule has 1 aliphatic heterocycles. The molecule has 6 nitrogen and oxygen atoms in total. The highest BCUT2D eigenvalue weighted by Crippen LogP contribution is 2.36. The fourth-order valence-electron chi connectivity index (χ4n) is 5.26. The van der Waals surface area contributed by atoms with Crippen LogP contribution < -0.4 is 19.7 Å². The Kier molecular flexibility index (Phi) is 7.35. The highest BCUT2D eigenvalue weighted by molar-refractivity contribution is 6.00. The average molecular weight is 498 g/mol. The van der Waals surface area contributed by atoms with Crippen molar-refractivity contribution in [3.8, 4) is 22.8 Å². The van der Waals surface area contributed by atoms with Gasteiger partial charge in [0.25, 0.3) is 5.91 Å². The molecule has 1 amide bonds. The van der Waals surface area contributed by atoms with E-state index in [4.69, 9.17) is 9.47 Å². The van der Waals surface area contributed by atoms with Crippen LogP contribution in [0.4, 0.5) is 5.69 Å². The summed E-state index contributed by atoms with van der Waals surface area (Å²) in [4.78, 5) is 19.0. The molecule has 192 valence electrons. The summed E-state index contributed by atoms with van der Waals surface area (Å²) in [6, 6.07) is 20.3. The van der Waals surface area contributed by atoms with Gasteiger partial charge in [0.15, 0.2) is 11.5 Å². The SMILES string of the molecule is CCc1c(-c2ccc(OC)c(OC)c2)[nH]c2ccc(C(=O)NCc3ccc(N4CCCCC4)cc3)cc12. The molecular weight excluding hydrogens is 462 g/mol. The normalized spacial score (nSPS) is 13.5. The topological polar surface area (TPSA) is 66.6 Å². The van der Waals surface area contributed by atoms with Crippen molar-refractivity contribution in [3.63, 3.8) is 0 Å². The molecule has 0 aliphatic carbocycles. The molecule has 0 saturated carbocycles. The zero-order chi connectivity index (χ0) is 25.8. The minimum atomic E-state index is -0.0714. The van der Waals surface area contributed by atoms with Crippen LogP contribution >= 0.6 is 0 Å². The van der Waals surface area contributed by atoms with Gasteiger partial charge in [-0.05, 0) is 85.3 Å². The monoisotopic (exact) mass is 497 g/mol. The Morgan fingerprint density at radius 3 is 2.38 bits per heavy atom. The van der Waals surface area contributed by atoms with Gasteiger partial charge in [-0.3, -0.25) is 4.79 Å². The van der Waals surface area contributed by atoms with Gasteiger partial charge in [-0.1, -0.05) is 19.1 Å². The Morgan fingerprint density at radius 2 is 1.68 bits per heavy atom. The highest BCUT2D eigenvalue weighted by atomic mass is 16.5. The number of H-pyrrole nitrogens is 1. The van der Waals surface area contributed by atoms with Gasteiger partial charge in [0.1, 0.15) is 0 Å². The summed E-state index contributed by atoms with van der Waals surface area (Å²) in [7, 11) is 3.27. The van der Waals surface area contributed by atoms with E-state index in [1.54, 1.807) is 14.2 Å². The molecule has 6 heteroatoms. The van der Waals surface area contributed by atoms with E-state index in [2.05, 4.69) is 46.4 Å². The molecule has 37 heavy (non-hydrogen) atoms. The Balaban J connectivity index is 1.33. The predicted molar refractivity (Wildman–Crippen MR) is 150 cm³/mol. The van der Waals surface area contributed by atoms with Crippen molar-refractivity contribution in [1.82, 2.24) is 10.3 Å². The van der Waals surface area contributed by atoms with E-state index in [9.17, 15) is 4.79 Å². The quantitative estimate of drug-likeness (QED) is 0.298. The summed E-state index contributed by atoms with van der Waals surface area (Å²) >= 11 is 0. The summed E-state index contributed by atoms with van der Waals surface area (Å²) in [5.41, 5.74) is 7.25. The van der Waals surface area contributed by atoms with E-state index < -0.39 is 0 Å². The summed E-state index contributed by atoms with van der Waals surface area (Å²) in [6.07, 6.45) is 4.68. The second kappa shape index (κ2) is 11.0. The summed E-state index contributed by atoms with van der Waals surface area (Å²) in [6.45, 7) is 4.89. The predicted octanol–water partition coefficient (Wildman–Crippen LogP) is 6.33. The fraction of sp³-hybridized carbons (Fsp3) is 0.323. The van der Waals surface area contributed by atoms with Crippen molar-refractivity contribution in [2.24, 2.45) is 0 Å². The largest absolute Gasteiger partial charge is 0.493 e. The molecule has 0 radical (unpaired) electrons. The van der Waals surface area contributed by atoms with Crippen LogP contribution in [-0.4, -0.2) is 38.2 Å². The second-order valence-electron chi connectivity index (χ2n) is 9.56. The van der Waals surface area contributed by atoms with E-state index >= 15 is 0 Å². The van der Waals surface area contributed by atoms with E-state index in [0.717, 1.165) is 47.2 Å². The third-order valence-electron chi connectivity index (χ3n) is 7.30. The number of carbonyl (C=O) groups excluding carboxylic acids is 1. The molecule has 0 bridgehead atoms. The molecular formula is C31H35N3O3. The Labute approximate surface area is 218 Å². The number of nitrogens with zero attached hydrogens (tertiary/aromatic N) is 1. The molecule has 5 rings (SSSR count). The minimum Gasteiger partial charge on any atom is -0.493 e. The lowest BCUT2D eigenvalue weighted by Crippen LogP contribution is -2.29. The van der Waals surface area contributed by atoms with Gasteiger partial charge in [-0.25, -0.2) is 0 Å². The first-order chi connectivity index (χ1) is 18.1. The molecule has 1 aliphatic rings. The van der Waals surface area contributed by atoms with Gasteiger partial charge < -0.3 is 24.7 Å². The molecule has 1 aromatic heterocycles. The summed E-state index contributed by atoms with van der Waals surface area (Å²) in [5.74, 6) is 1.31. The number of anilines is 1. The smallest absolute Gasteiger partial charge is 0.251 e. The molecule has 4 aromatic rings. The number of methoxy groups -OCH3 is 2. The van der Waals surface area contributed by atoms with E-state index in [0.29, 0.717) is 23.6 Å². The number of nitrogens with one attached hydrogen (secondary N) is 2. The van der Waals surface area contributed by atoms with Crippen LogP contribution in [0.5, 0.6) is 11.5 Å². The number of benzene rings is 3. The van der Waals surface area contributed by atoms with Crippen LogP contribution in [0, 0.1) is 0 Å². The van der Waals surface area contributed by atoms with Crippen LogP contribution in [0.2, 0.25) is 0 Å². The molecule has 1 saturated heterocycles. The van der Waals surface area contributed by atoms with Gasteiger partial charge in [0.2, 0.25) is 0 Å². The maximum atomic E-state index is 13.0. The van der Waals surface area contributed by atoms with Gasteiger partial charge in [-0.2, -0.15) is 0 Å². The van der Waals surface area contributed by atoms with Crippen LogP contribution in [0.3, 0.4) is 0 Å². The Hall–Kier alpha value is -3.93. The Morgan fingerprint density at radius 1 is 0.919 bits per heavy atom. The molecule has 0 spiro atoms. The maximum Gasteiger partial charge on any atom is 0.251 e. The number of aryl methyl sites for hydroxylation is 1. The lowest BCUT2D eigenvalue weighted by Gasteiger charge is -2.28. The van der Waals surface area contributed by atoms with Gasteiger partial charge >= 0.3 is 0 Å². The number of aromatic nitrogens is 1. The Bertz CT molecular complexity index is 1390. The molecule has 0 atom stereocenters. The summed E-state index contributed by atoms with van der Waals surface area (Å²) < 4.78 is 10.9. The summed E-state index contributed by atoms with van der Waals surface area (Å²) in [5, 5.41) is 4.15. The van der Waals surface area contributed by atoms with Gasteiger partial charge in [0, 0.05) is 53.0 Å². The van der Waals surface area contributed by atoms with Crippen LogP contribution in [0.15, 0.2) is 60.7 Å². The van der Waals surface area contributed by atoms with Crippen molar-refractivity contribution in [2.75, 3.05) is 32.2 Å². The first-order valence-corrected chi connectivity index (χ1v) is 13.1. The minimum absolute atomic E-state index is 0.0714. The number of carbonyl (C=O) groups is 1. The molecule has 0 unspecified atom stereocenters. The van der Waals surface area contributed by atoms with Crippen molar-refractivity contribution in [1.29, 1.82) is 0 Å². The molecule has 3 aromatic carbocycles. The zero-order valence-electron chi connectivity index (χ0n) is 21.9. The lowest BCUT2D eigenvalue weighted by molar-refractivity contribution is 0.0951. The van der Waals surface area contributed by atoms with Crippen LogP contribution in [0.1, 0.15) is 47.7 Å². The van der Waals surface area contributed by atoms with Crippen LogP contribution in [0.25, 0.3) is 22.2 Å². The number of aromatic amines is 1. The van der Waals surface area contributed by atoms with Crippen LogP contribution in [-0.2, 0) is 13.0 Å². The van der Waals surface area contributed by atoms with E-state index in [1.807, 2.05) is 36.4 Å².